The van der Waals surface area contributed by atoms with Gasteiger partial charge in [-0.3, -0.25) is 4.79 Å². The van der Waals surface area contributed by atoms with Crippen LogP contribution in [0.2, 0.25) is 0 Å². The highest BCUT2D eigenvalue weighted by Gasteiger charge is 2.16. The van der Waals surface area contributed by atoms with Gasteiger partial charge in [0.25, 0.3) is 5.56 Å². The molecule has 9 nitrogen and oxygen atoms in total. The molecule has 4 N–H and O–H groups in total. The van der Waals surface area contributed by atoms with Crippen molar-refractivity contribution in [3.05, 3.63) is 129 Å². The van der Waals surface area contributed by atoms with Crippen molar-refractivity contribution in [3.8, 4) is 16.8 Å². The third kappa shape index (κ3) is 5.13. The number of fused-ring (bicyclic) bond motifs is 2. The minimum atomic E-state index is -0.963. The van der Waals surface area contributed by atoms with Crippen LogP contribution in [-0.4, -0.2) is 35.7 Å². The molecule has 0 amide bonds. The molecule has 0 aliphatic heterocycles. The van der Waals surface area contributed by atoms with Crippen LogP contribution in [0.1, 0.15) is 41.5 Å². The molecule has 0 bridgehead atoms. The molecule has 0 aliphatic carbocycles. The number of aryl methyl sites for hydroxylation is 1. The van der Waals surface area contributed by atoms with Crippen LogP contribution in [-0.2, 0) is 13.0 Å². The van der Waals surface area contributed by atoms with E-state index in [2.05, 4.69) is 16.5 Å². The van der Waals surface area contributed by atoms with Crippen LogP contribution in [0.5, 0.6) is 0 Å². The molecule has 212 valence electrons. The fourth-order valence-corrected chi connectivity index (χ4v) is 5.29. The number of aromatic amines is 1. The second kappa shape index (κ2) is 11.7. The summed E-state index contributed by atoms with van der Waals surface area (Å²) in [4.78, 5) is 45.7. The van der Waals surface area contributed by atoms with Crippen molar-refractivity contribution in [2.75, 3.05) is 0 Å². The van der Waals surface area contributed by atoms with Crippen molar-refractivity contribution in [2.24, 2.45) is 0 Å². The Morgan fingerprint density at radius 3 is 2.43 bits per heavy atom. The van der Waals surface area contributed by atoms with E-state index in [1.807, 2.05) is 48.5 Å². The quantitative estimate of drug-likeness (QED) is 0.270. The normalized spacial score (nSPS) is 11.1. The van der Waals surface area contributed by atoms with E-state index in [9.17, 15) is 19.5 Å². The summed E-state index contributed by atoms with van der Waals surface area (Å²) in [5, 5.41) is 10.0. The average molecular weight is 563 g/mol. The Bertz CT molecular complexity index is 2040. The van der Waals surface area contributed by atoms with Gasteiger partial charge < -0.3 is 20.1 Å². The molecule has 6 aromatic rings. The van der Waals surface area contributed by atoms with Crippen LogP contribution in [0.4, 0.5) is 0 Å². The molecule has 2 aromatic heterocycles. The van der Waals surface area contributed by atoms with Crippen molar-refractivity contribution >= 4 is 27.9 Å². The maximum atomic E-state index is 13.3. The number of carbonyl (C=O) groups is 1. The van der Waals surface area contributed by atoms with Crippen molar-refractivity contribution in [3.63, 3.8) is 0 Å². The maximum absolute atomic E-state index is 13.3. The van der Waals surface area contributed by atoms with Crippen LogP contribution in [0.25, 0.3) is 38.8 Å². The standard InChI is InChI=1S/C33H28N4O4.H2O/c1-2-3-12-30-34-28-18-17-23(37-31(38)26-10-6-7-11-27(26)35-33(37)41)19-29(28)36(30)20-21-13-15-22(16-14-21)24-8-4-5-9-25(24)32(39)40;/h4-11,13-19H,2-3,12,20H2,1H3,(H,35,41)(H,39,40);1H2. The number of benzene rings is 4. The Morgan fingerprint density at radius 1 is 0.929 bits per heavy atom. The van der Waals surface area contributed by atoms with E-state index >= 15 is 0 Å². The van der Waals surface area contributed by atoms with Gasteiger partial charge in [-0.25, -0.2) is 19.1 Å². The average Bonchev–Trinajstić information content (AvgIpc) is 3.32. The van der Waals surface area contributed by atoms with Crippen molar-refractivity contribution in [1.82, 2.24) is 19.1 Å². The van der Waals surface area contributed by atoms with Gasteiger partial charge in [-0.1, -0.05) is 67.9 Å². The molecule has 0 saturated carbocycles. The number of nitrogens with one attached hydrogen (secondary N) is 1. The topological polar surface area (TPSA) is 141 Å². The molecule has 4 aromatic carbocycles. The minimum Gasteiger partial charge on any atom is -0.478 e. The van der Waals surface area contributed by atoms with Crippen LogP contribution >= 0.6 is 0 Å². The van der Waals surface area contributed by atoms with E-state index in [0.717, 1.165) is 47.2 Å². The van der Waals surface area contributed by atoms with E-state index in [4.69, 9.17) is 4.98 Å². The molecule has 0 aliphatic rings. The van der Waals surface area contributed by atoms with Crippen molar-refractivity contribution < 1.29 is 15.4 Å². The number of para-hydroxylation sites is 1. The molecule has 0 unspecified atom stereocenters. The predicted molar refractivity (Wildman–Crippen MR) is 164 cm³/mol. The van der Waals surface area contributed by atoms with E-state index in [0.29, 0.717) is 28.7 Å². The van der Waals surface area contributed by atoms with Crippen LogP contribution in [0.3, 0.4) is 0 Å². The monoisotopic (exact) mass is 562 g/mol. The summed E-state index contributed by atoms with van der Waals surface area (Å²) in [6.07, 6.45) is 2.79. The number of nitrogens with zero attached hydrogens (tertiary/aromatic N) is 3. The lowest BCUT2D eigenvalue weighted by molar-refractivity contribution is 0.0697. The van der Waals surface area contributed by atoms with Crippen molar-refractivity contribution in [1.29, 1.82) is 0 Å². The minimum absolute atomic E-state index is 0. The molecule has 0 atom stereocenters. The van der Waals surface area contributed by atoms with E-state index in [-0.39, 0.29) is 16.6 Å². The van der Waals surface area contributed by atoms with Crippen LogP contribution in [0, 0.1) is 0 Å². The zero-order valence-electron chi connectivity index (χ0n) is 23.0. The van der Waals surface area contributed by atoms with Gasteiger partial charge in [-0.2, -0.15) is 0 Å². The smallest absolute Gasteiger partial charge is 0.336 e. The number of carboxylic acid groups (broad SMARTS) is 1. The van der Waals surface area contributed by atoms with E-state index < -0.39 is 11.7 Å². The van der Waals surface area contributed by atoms with Gasteiger partial charge in [0.2, 0.25) is 0 Å². The Labute approximate surface area is 240 Å². The molecule has 0 fully saturated rings. The number of rotatable bonds is 8. The number of unbranched alkanes of at least 4 members (excludes halogenated alkanes) is 1. The van der Waals surface area contributed by atoms with Gasteiger partial charge in [-0.15, -0.1) is 0 Å². The Morgan fingerprint density at radius 2 is 1.67 bits per heavy atom. The third-order valence-electron chi connectivity index (χ3n) is 7.39. The first-order valence-corrected chi connectivity index (χ1v) is 13.6. The lowest BCUT2D eigenvalue weighted by Crippen LogP contribution is -2.33. The zero-order chi connectivity index (χ0) is 28.5. The lowest BCUT2D eigenvalue weighted by Gasteiger charge is -2.12. The maximum Gasteiger partial charge on any atom is 0.336 e. The molecule has 0 spiro atoms. The summed E-state index contributed by atoms with van der Waals surface area (Å²) in [5.41, 5.74) is 4.48. The highest BCUT2D eigenvalue weighted by molar-refractivity contribution is 5.96. The second-order valence-electron chi connectivity index (χ2n) is 10.1. The molecular formula is C33H30N4O5. The molecule has 0 saturated heterocycles. The summed E-state index contributed by atoms with van der Waals surface area (Å²) >= 11 is 0. The summed E-state index contributed by atoms with van der Waals surface area (Å²) in [7, 11) is 0. The summed E-state index contributed by atoms with van der Waals surface area (Å²) in [6.45, 7) is 2.67. The fourth-order valence-electron chi connectivity index (χ4n) is 5.29. The number of hydrogen-bond acceptors (Lipinski definition) is 4. The highest BCUT2D eigenvalue weighted by atomic mass is 16.4. The van der Waals surface area contributed by atoms with Crippen LogP contribution < -0.4 is 11.2 Å². The molecule has 2 heterocycles. The Hall–Kier alpha value is -5.28. The van der Waals surface area contributed by atoms with Crippen LogP contribution in [0.15, 0.2) is 101 Å². The molecule has 0 radical (unpaired) electrons. The Balaban J connectivity index is 0.00000353. The number of hydrogen-bond donors (Lipinski definition) is 2. The van der Waals surface area contributed by atoms with Gasteiger partial charge in [0, 0.05) is 13.0 Å². The number of H-pyrrole nitrogens is 1. The van der Waals surface area contributed by atoms with Crippen molar-refractivity contribution in [2.45, 2.75) is 32.7 Å². The molecular weight excluding hydrogens is 532 g/mol. The third-order valence-corrected chi connectivity index (χ3v) is 7.39. The number of aromatic carboxylic acids is 1. The molecule has 42 heavy (non-hydrogen) atoms. The first-order chi connectivity index (χ1) is 19.9. The van der Waals surface area contributed by atoms with Gasteiger partial charge >= 0.3 is 11.7 Å². The Kier molecular flexibility index (Phi) is 7.86. The first-order valence-electron chi connectivity index (χ1n) is 13.6. The zero-order valence-corrected chi connectivity index (χ0v) is 23.0. The number of carboxylic acids is 1. The summed E-state index contributed by atoms with van der Waals surface area (Å²) < 4.78 is 3.30. The fraction of sp³-hybridized carbons (Fsp3) is 0.152. The predicted octanol–water partition coefficient (Wildman–Crippen LogP) is 4.96. The van der Waals surface area contributed by atoms with Gasteiger partial charge in [0.1, 0.15) is 5.82 Å². The largest absolute Gasteiger partial charge is 0.478 e. The first kappa shape index (κ1) is 28.3. The second-order valence-corrected chi connectivity index (χ2v) is 10.1. The lowest BCUT2D eigenvalue weighted by atomic mass is 9.99. The van der Waals surface area contributed by atoms with Gasteiger partial charge in [0.05, 0.1) is 33.2 Å². The van der Waals surface area contributed by atoms with Gasteiger partial charge in [0.15, 0.2) is 0 Å². The summed E-state index contributed by atoms with van der Waals surface area (Å²) in [5.74, 6) is -0.0330. The number of imidazole rings is 1. The highest BCUT2D eigenvalue weighted by Crippen LogP contribution is 2.26. The van der Waals surface area contributed by atoms with E-state index in [1.54, 1.807) is 42.5 Å². The molecule has 9 heteroatoms. The van der Waals surface area contributed by atoms with Gasteiger partial charge in [-0.05, 0) is 59.5 Å². The van der Waals surface area contributed by atoms with E-state index in [1.165, 1.54) is 4.57 Å². The SMILES string of the molecule is CCCCc1nc2ccc(-n3c(=O)[nH]c4ccccc4c3=O)cc2n1Cc1ccc(-c2ccccc2C(=O)O)cc1.O. The molecule has 6 rings (SSSR count). The summed E-state index contributed by atoms with van der Waals surface area (Å²) in [6, 6.07) is 27.2. The number of aromatic nitrogens is 4.